The summed E-state index contributed by atoms with van der Waals surface area (Å²) in [5.41, 5.74) is 3.01. The lowest BCUT2D eigenvalue weighted by molar-refractivity contribution is -0.120. The summed E-state index contributed by atoms with van der Waals surface area (Å²) < 4.78 is 0. The maximum absolute atomic E-state index is 11.0. The zero-order valence-electron chi connectivity index (χ0n) is 9.09. The molecule has 3 N–H and O–H groups in total. The molecular formula is C11H12N4OS. The van der Waals surface area contributed by atoms with Crippen LogP contribution in [0, 0.1) is 0 Å². The predicted octanol–water partition coefficient (Wildman–Crippen LogP) is 1.10. The van der Waals surface area contributed by atoms with Crippen LogP contribution >= 0.6 is 11.8 Å². The molecule has 0 aliphatic heterocycles. The predicted molar refractivity (Wildman–Crippen MR) is 67.2 cm³/mol. The number of nitrogens with two attached hydrogens (primary N) is 1. The van der Waals surface area contributed by atoms with Crippen molar-refractivity contribution in [2.45, 2.75) is 11.4 Å². The summed E-state index contributed by atoms with van der Waals surface area (Å²) in [4.78, 5) is 19.4. The van der Waals surface area contributed by atoms with Gasteiger partial charge < -0.3 is 0 Å². The number of fused-ring (bicyclic) bond motifs is 1. The number of nitrogens with one attached hydrogen (secondary N) is 1. The van der Waals surface area contributed by atoms with Crippen LogP contribution in [0.15, 0.2) is 35.6 Å². The number of nitrogens with zero attached hydrogens (tertiary/aromatic N) is 2. The highest BCUT2D eigenvalue weighted by atomic mass is 32.2. The number of amides is 1. The Bertz CT molecular complexity index is 526. The zero-order valence-corrected chi connectivity index (χ0v) is 9.91. The first-order chi connectivity index (χ1) is 8.31. The quantitative estimate of drug-likeness (QED) is 0.278. The van der Waals surface area contributed by atoms with Crippen LogP contribution in [0.2, 0.25) is 0 Å². The third-order valence-electron chi connectivity index (χ3n) is 2.24. The van der Waals surface area contributed by atoms with Gasteiger partial charge in [0.25, 0.3) is 0 Å². The molecule has 0 atom stereocenters. The maximum atomic E-state index is 11.0. The van der Waals surface area contributed by atoms with Gasteiger partial charge in [-0.1, -0.05) is 18.2 Å². The number of hydrogen-bond donors (Lipinski definition) is 2. The molecule has 0 bridgehead atoms. The SMILES string of the molecule is NNC(=O)CCSc1ncnc2ccccc12. The molecule has 0 radical (unpaired) electrons. The number of para-hydroxylation sites is 1. The summed E-state index contributed by atoms with van der Waals surface area (Å²) in [6.45, 7) is 0. The first kappa shape index (κ1) is 11.8. The van der Waals surface area contributed by atoms with Crippen molar-refractivity contribution in [3.8, 4) is 0 Å². The number of thioether (sulfide) groups is 1. The van der Waals surface area contributed by atoms with Crippen molar-refractivity contribution < 1.29 is 4.79 Å². The fourth-order valence-electron chi connectivity index (χ4n) is 1.41. The molecule has 17 heavy (non-hydrogen) atoms. The molecule has 1 heterocycles. The summed E-state index contributed by atoms with van der Waals surface area (Å²) in [6, 6.07) is 7.79. The molecule has 5 nitrogen and oxygen atoms in total. The van der Waals surface area contributed by atoms with Gasteiger partial charge in [-0.05, 0) is 6.07 Å². The van der Waals surface area contributed by atoms with E-state index >= 15 is 0 Å². The van der Waals surface area contributed by atoms with E-state index < -0.39 is 0 Å². The fraction of sp³-hybridized carbons (Fsp3) is 0.182. The molecule has 1 aromatic carbocycles. The molecule has 0 saturated carbocycles. The fourth-order valence-corrected chi connectivity index (χ4v) is 2.34. The summed E-state index contributed by atoms with van der Waals surface area (Å²) in [7, 11) is 0. The summed E-state index contributed by atoms with van der Waals surface area (Å²) in [5, 5.41) is 1.90. The number of carbonyl (C=O) groups is 1. The first-order valence-corrected chi connectivity index (χ1v) is 6.12. The van der Waals surface area contributed by atoms with Crippen LogP contribution < -0.4 is 11.3 Å². The van der Waals surface area contributed by atoms with Gasteiger partial charge in [-0.25, -0.2) is 15.8 Å². The number of benzene rings is 1. The molecule has 1 amide bonds. The third kappa shape index (κ3) is 2.92. The van der Waals surface area contributed by atoms with Crippen molar-refractivity contribution >= 4 is 28.6 Å². The lowest BCUT2D eigenvalue weighted by atomic mass is 10.2. The Morgan fingerprint density at radius 1 is 1.35 bits per heavy atom. The summed E-state index contributed by atoms with van der Waals surface area (Å²) in [5.74, 6) is 5.48. The highest BCUT2D eigenvalue weighted by Gasteiger charge is 2.05. The summed E-state index contributed by atoms with van der Waals surface area (Å²) >= 11 is 1.53. The molecule has 2 rings (SSSR count). The van der Waals surface area contributed by atoms with E-state index in [0.29, 0.717) is 12.2 Å². The second-order valence-corrected chi connectivity index (χ2v) is 4.45. The molecule has 0 spiro atoms. The van der Waals surface area contributed by atoms with Crippen molar-refractivity contribution in [3.63, 3.8) is 0 Å². The van der Waals surface area contributed by atoms with Gasteiger partial charge in [0.15, 0.2) is 0 Å². The molecule has 0 aliphatic rings. The molecule has 88 valence electrons. The number of hydrogen-bond acceptors (Lipinski definition) is 5. The molecule has 0 saturated heterocycles. The normalized spacial score (nSPS) is 10.4. The van der Waals surface area contributed by atoms with Crippen LogP contribution in [-0.4, -0.2) is 21.6 Å². The minimum Gasteiger partial charge on any atom is -0.294 e. The van der Waals surface area contributed by atoms with Crippen LogP contribution in [0.4, 0.5) is 0 Å². The van der Waals surface area contributed by atoms with Gasteiger partial charge in [-0.15, -0.1) is 11.8 Å². The van der Waals surface area contributed by atoms with E-state index in [4.69, 9.17) is 5.84 Å². The second kappa shape index (κ2) is 5.60. The topological polar surface area (TPSA) is 80.9 Å². The average molecular weight is 248 g/mol. The van der Waals surface area contributed by atoms with Crippen LogP contribution in [0.3, 0.4) is 0 Å². The molecule has 6 heteroatoms. The lowest BCUT2D eigenvalue weighted by Gasteiger charge is -2.03. The van der Waals surface area contributed by atoms with Gasteiger partial charge in [0, 0.05) is 17.6 Å². The van der Waals surface area contributed by atoms with Crippen molar-refractivity contribution in [3.05, 3.63) is 30.6 Å². The van der Waals surface area contributed by atoms with Crippen LogP contribution in [-0.2, 0) is 4.79 Å². The Labute approximate surface area is 103 Å². The van der Waals surface area contributed by atoms with Gasteiger partial charge in [0.1, 0.15) is 11.4 Å². The number of aromatic nitrogens is 2. The van der Waals surface area contributed by atoms with E-state index in [2.05, 4.69) is 15.4 Å². The van der Waals surface area contributed by atoms with Crippen molar-refractivity contribution in [1.29, 1.82) is 0 Å². The lowest BCUT2D eigenvalue weighted by Crippen LogP contribution is -2.30. The minimum atomic E-state index is -0.170. The summed E-state index contributed by atoms with van der Waals surface area (Å²) in [6.07, 6.45) is 1.91. The number of carbonyl (C=O) groups excluding carboxylic acids is 1. The monoisotopic (exact) mass is 248 g/mol. The van der Waals surface area contributed by atoms with Crippen LogP contribution in [0.25, 0.3) is 10.9 Å². The third-order valence-corrected chi connectivity index (χ3v) is 3.24. The standard InChI is InChI=1S/C11H12N4OS/c12-15-10(16)5-6-17-11-8-3-1-2-4-9(8)13-7-14-11/h1-4,7H,5-6,12H2,(H,15,16). The first-order valence-electron chi connectivity index (χ1n) is 5.13. The Hall–Kier alpha value is -1.66. The Kier molecular flexibility index (Phi) is 3.89. The highest BCUT2D eigenvalue weighted by molar-refractivity contribution is 7.99. The van der Waals surface area contributed by atoms with Crippen LogP contribution in [0.5, 0.6) is 0 Å². The Morgan fingerprint density at radius 3 is 3.00 bits per heavy atom. The molecule has 0 unspecified atom stereocenters. The zero-order chi connectivity index (χ0) is 12.1. The molecule has 2 aromatic rings. The second-order valence-electron chi connectivity index (χ2n) is 3.36. The highest BCUT2D eigenvalue weighted by Crippen LogP contribution is 2.24. The van der Waals surface area contributed by atoms with E-state index in [1.807, 2.05) is 24.3 Å². The Balaban J connectivity index is 2.11. The van der Waals surface area contributed by atoms with E-state index in [1.54, 1.807) is 0 Å². The minimum absolute atomic E-state index is 0.170. The number of rotatable bonds is 4. The molecular weight excluding hydrogens is 236 g/mol. The average Bonchev–Trinajstić information content (AvgIpc) is 2.39. The van der Waals surface area contributed by atoms with Gasteiger partial charge in [-0.2, -0.15) is 0 Å². The van der Waals surface area contributed by atoms with Gasteiger partial charge >= 0.3 is 0 Å². The van der Waals surface area contributed by atoms with E-state index in [-0.39, 0.29) is 5.91 Å². The molecule has 1 aromatic heterocycles. The smallest absolute Gasteiger partial charge is 0.234 e. The van der Waals surface area contributed by atoms with Crippen LogP contribution in [0.1, 0.15) is 6.42 Å². The van der Waals surface area contributed by atoms with E-state index in [0.717, 1.165) is 15.9 Å². The van der Waals surface area contributed by atoms with Crippen molar-refractivity contribution in [1.82, 2.24) is 15.4 Å². The van der Waals surface area contributed by atoms with Gasteiger partial charge in [0.2, 0.25) is 5.91 Å². The van der Waals surface area contributed by atoms with E-state index in [1.165, 1.54) is 18.1 Å². The number of hydrazine groups is 1. The van der Waals surface area contributed by atoms with Gasteiger partial charge in [0.05, 0.1) is 5.52 Å². The van der Waals surface area contributed by atoms with Crippen molar-refractivity contribution in [2.75, 3.05) is 5.75 Å². The van der Waals surface area contributed by atoms with Gasteiger partial charge in [-0.3, -0.25) is 10.2 Å². The molecule has 0 aliphatic carbocycles. The Morgan fingerprint density at radius 2 is 2.18 bits per heavy atom. The van der Waals surface area contributed by atoms with E-state index in [9.17, 15) is 4.79 Å². The largest absolute Gasteiger partial charge is 0.294 e. The van der Waals surface area contributed by atoms with Crippen molar-refractivity contribution in [2.24, 2.45) is 5.84 Å². The molecule has 0 fully saturated rings. The maximum Gasteiger partial charge on any atom is 0.234 e.